The van der Waals surface area contributed by atoms with Gasteiger partial charge < -0.3 is 5.32 Å². The predicted octanol–water partition coefficient (Wildman–Crippen LogP) is 1.55. The van der Waals surface area contributed by atoms with E-state index in [4.69, 9.17) is 0 Å². The van der Waals surface area contributed by atoms with Gasteiger partial charge in [-0.05, 0) is 51.2 Å². The van der Waals surface area contributed by atoms with E-state index in [1.54, 1.807) is 7.05 Å². The van der Waals surface area contributed by atoms with E-state index in [9.17, 15) is 4.79 Å². The maximum Gasteiger partial charge on any atom is 0.234 e. The van der Waals surface area contributed by atoms with Gasteiger partial charge >= 0.3 is 0 Å². The molecule has 2 rings (SSSR count). The van der Waals surface area contributed by atoms with Crippen LogP contribution in [0.2, 0.25) is 0 Å². The Balaban J connectivity index is 1.88. The number of aryl methyl sites for hydroxylation is 1. The zero-order valence-corrected chi connectivity index (χ0v) is 12.5. The number of nitrogens with one attached hydrogen (secondary N) is 1. The lowest BCUT2D eigenvalue weighted by molar-refractivity contribution is -0.113. The molecule has 6 nitrogen and oxygen atoms in total. The lowest BCUT2D eigenvalue weighted by Crippen LogP contribution is -2.14. The van der Waals surface area contributed by atoms with E-state index in [-0.39, 0.29) is 11.7 Å². The second-order valence-corrected chi connectivity index (χ2v) is 5.62. The van der Waals surface area contributed by atoms with Crippen molar-refractivity contribution in [2.75, 3.05) is 11.1 Å². The summed E-state index contributed by atoms with van der Waals surface area (Å²) in [5.41, 5.74) is 0.795. The van der Waals surface area contributed by atoms with Gasteiger partial charge in [0.05, 0.1) is 5.75 Å². The van der Waals surface area contributed by atoms with Crippen LogP contribution in [0.4, 0.5) is 5.69 Å². The number of benzene rings is 1. The summed E-state index contributed by atoms with van der Waals surface area (Å²) in [5.74, 6) is 0.199. The molecule has 0 radical (unpaired) electrons. The van der Waals surface area contributed by atoms with Gasteiger partial charge in [0, 0.05) is 16.3 Å². The summed E-state index contributed by atoms with van der Waals surface area (Å²) in [7, 11) is 1.74. The number of nitrogens with zero attached hydrogens (tertiary/aromatic N) is 4. The molecule has 0 unspecified atom stereocenters. The molecule has 0 aliphatic heterocycles. The molecule has 0 spiro atoms. The summed E-state index contributed by atoms with van der Waals surface area (Å²) in [6.45, 7) is 0. The monoisotopic (exact) mass is 375 g/mol. The van der Waals surface area contributed by atoms with Crippen molar-refractivity contribution in [1.82, 2.24) is 20.2 Å². The first-order valence-corrected chi connectivity index (χ1v) is 7.12. The molecule has 0 saturated heterocycles. The highest BCUT2D eigenvalue weighted by molar-refractivity contribution is 14.1. The van der Waals surface area contributed by atoms with Crippen molar-refractivity contribution in [3.05, 3.63) is 27.8 Å². The average molecular weight is 375 g/mol. The maximum absolute atomic E-state index is 11.7. The van der Waals surface area contributed by atoms with Crippen molar-refractivity contribution >= 4 is 45.9 Å². The lowest BCUT2D eigenvalue weighted by atomic mass is 10.3. The lowest BCUT2D eigenvalue weighted by Gasteiger charge is -2.04. The van der Waals surface area contributed by atoms with Crippen LogP contribution in [-0.2, 0) is 11.8 Å². The standard InChI is InChI=1S/C10H10IN5OS/c1-16-10(13-14-15-16)18-6-9(17)12-8-4-2-3-7(11)5-8/h2-5H,6H2,1H3,(H,12,17). The smallest absolute Gasteiger partial charge is 0.234 e. The quantitative estimate of drug-likeness (QED) is 0.649. The van der Waals surface area contributed by atoms with Crippen molar-refractivity contribution in [2.24, 2.45) is 7.05 Å². The molecule has 8 heteroatoms. The van der Waals surface area contributed by atoms with Gasteiger partial charge in [0.1, 0.15) is 0 Å². The van der Waals surface area contributed by atoms with E-state index in [1.165, 1.54) is 16.4 Å². The van der Waals surface area contributed by atoms with Gasteiger partial charge in [-0.2, -0.15) is 0 Å². The van der Waals surface area contributed by atoms with E-state index in [1.807, 2.05) is 24.3 Å². The molecule has 0 bridgehead atoms. The number of tetrazole rings is 1. The normalized spacial score (nSPS) is 10.3. The molecular weight excluding hydrogens is 365 g/mol. The van der Waals surface area contributed by atoms with Crippen LogP contribution in [0.5, 0.6) is 0 Å². The first-order valence-electron chi connectivity index (χ1n) is 5.06. The van der Waals surface area contributed by atoms with Gasteiger partial charge in [0.15, 0.2) is 0 Å². The molecule has 1 N–H and O–H groups in total. The zero-order chi connectivity index (χ0) is 13.0. The second kappa shape index (κ2) is 6.14. The molecule has 0 saturated carbocycles. The number of anilines is 1. The SMILES string of the molecule is Cn1nnnc1SCC(=O)Nc1cccc(I)c1. The fraction of sp³-hybridized carbons (Fsp3) is 0.200. The van der Waals surface area contributed by atoms with Crippen molar-refractivity contribution in [3.8, 4) is 0 Å². The Hall–Kier alpha value is -1.16. The van der Waals surface area contributed by atoms with Crippen LogP contribution in [0.1, 0.15) is 0 Å². The molecule has 1 aromatic heterocycles. The van der Waals surface area contributed by atoms with Gasteiger partial charge in [0.25, 0.3) is 0 Å². The van der Waals surface area contributed by atoms with Gasteiger partial charge in [0.2, 0.25) is 11.1 Å². The highest BCUT2D eigenvalue weighted by Crippen LogP contribution is 2.15. The first-order chi connectivity index (χ1) is 8.65. The summed E-state index contributed by atoms with van der Waals surface area (Å²) in [6.07, 6.45) is 0. The van der Waals surface area contributed by atoms with Gasteiger partial charge in [-0.3, -0.25) is 4.79 Å². The van der Waals surface area contributed by atoms with E-state index in [0.29, 0.717) is 5.16 Å². The Labute approximate surface area is 122 Å². The molecule has 0 aliphatic carbocycles. The third kappa shape index (κ3) is 3.67. The minimum atomic E-state index is -0.0787. The van der Waals surface area contributed by atoms with Crippen molar-refractivity contribution in [3.63, 3.8) is 0 Å². The molecule has 1 aromatic carbocycles. The summed E-state index contributed by atoms with van der Waals surface area (Å²) >= 11 is 3.50. The number of carbonyl (C=O) groups excluding carboxylic acids is 1. The van der Waals surface area contributed by atoms with Crippen LogP contribution in [0.3, 0.4) is 0 Å². The molecule has 0 fully saturated rings. The van der Waals surface area contributed by atoms with E-state index >= 15 is 0 Å². The summed E-state index contributed by atoms with van der Waals surface area (Å²) in [6, 6.07) is 7.63. The minimum absolute atomic E-state index is 0.0787. The van der Waals surface area contributed by atoms with Crippen LogP contribution in [0.25, 0.3) is 0 Å². The van der Waals surface area contributed by atoms with E-state index < -0.39 is 0 Å². The molecule has 0 aliphatic rings. The van der Waals surface area contributed by atoms with Gasteiger partial charge in [-0.1, -0.05) is 17.8 Å². The number of thioether (sulfide) groups is 1. The van der Waals surface area contributed by atoms with Crippen LogP contribution >= 0.6 is 34.4 Å². The Bertz CT molecular complexity index is 559. The molecule has 2 aromatic rings. The maximum atomic E-state index is 11.7. The molecular formula is C10H10IN5OS. The van der Waals surface area contributed by atoms with Crippen LogP contribution < -0.4 is 5.32 Å². The highest BCUT2D eigenvalue weighted by atomic mass is 127. The Kier molecular flexibility index (Phi) is 4.53. The minimum Gasteiger partial charge on any atom is -0.325 e. The van der Waals surface area contributed by atoms with Crippen molar-refractivity contribution in [1.29, 1.82) is 0 Å². The fourth-order valence-corrected chi connectivity index (χ4v) is 2.43. The molecule has 94 valence electrons. The average Bonchev–Trinajstić information content (AvgIpc) is 2.72. The highest BCUT2D eigenvalue weighted by Gasteiger charge is 2.07. The summed E-state index contributed by atoms with van der Waals surface area (Å²) < 4.78 is 2.61. The topological polar surface area (TPSA) is 72.7 Å². The van der Waals surface area contributed by atoms with E-state index in [0.717, 1.165) is 9.26 Å². The Morgan fingerprint density at radius 2 is 2.39 bits per heavy atom. The second-order valence-electron chi connectivity index (χ2n) is 3.43. The fourth-order valence-electron chi connectivity index (χ4n) is 1.24. The van der Waals surface area contributed by atoms with Gasteiger partial charge in [-0.25, -0.2) is 4.68 Å². The number of hydrogen-bond acceptors (Lipinski definition) is 5. The van der Waals surface area contributed by atoms with Crippen LogP contribution in [0.15, 0.2) is 29.4 Å². The van der Waals surface area contributed by atoms with Crippen LogP contribution in [0, 0.1) is 3.57 Å². The summed E-state index contributed by atoms with van der Waals surface area (Å²) in [4.78, 5) is 11.7. The van der Waals surface area contributed by atoms with Gasteiger partial charge in [-0.15, -0.1) is 5.10 Å². The first kappa shape index (κ1) is 13.3. The molecule has 1 amide bonds. The summed E-state index contributed by atoms with van der Waals surface area (Å²) in [5, 5.41) is 14.4. The van der Waals surface area contributed by atoms with Crippen LogP contribution in [-0.4, -0.2) is 31.9 Å². The van der Waals surface area contributed by atoms with Crippen molar-refractivity contribution < 1.29 is 4.79 Å². The zero-order valence-electron chi connectivity index (χ0n) is 9.50. The van der Waals surface area contributed by atoms with E-state index in [2.05, 4.69) is 43.4 Å². The molecule has 18 heavy (non-hydrogen) atoms. The number of halogens is 1. The largest absolute Gasteiger partial charge is 0.325 e. The predicted molar refractivity (Wildman–Crippen MR) is 77.3 cm³/mol. The Morgan fingerprint density at radius 1 is 1.56 bits per heavy atom. The third-order valence-electron chi connectivity index (χ3n) is 2.02. The van der Waals surface area contributed by atoms with Crippen molar-refractivity contribution in [2.45, 2.75) is 5.16 Å². The third-order valence-corrected chi connectivity index (χ3v) is 3.70. The number of hydrogen-bond donors (Lipinski definition) is 1. The number of aromatic nitrogens is 4. The molecule has 0 atom stereocenters. The number of amides is 1. The Morgan fingerprint density at radius 3 is 3.06 bits per heavy atom. The number of carbonyl (C=O) groups is 1. The number of rotatable bonds is 4. The molecule has 1 heterocycles.